The molecule has 1 unspecified atom stereocenters. The van der Waals surface area contributed by atoms with Gasteiger partial charge in [0.2, 0.25) is 0 Å². The van der Waals surface area contributed by atoms with Gasteiger partial charge in [0.25, 0.3) is 0 Å². The van der Waals surface area contributed by atoms with E-state index in [-0.39, 0.29) is 5.92 Å². The Morgan fingerprint density at radius 1 is 1.05 bits per heavy atom. The highest BCUT2D eigenvalue weighted by Crippen LogP contribution is 2.32. The fourth-order valence-corrected chi connectivity index (χ4v) is 2.26. The number of hydrogen-bond acceptors (Lipinski definition) is 2. The van der Waals surface area contributed by atoms with E-state index in [1.165, 1.54) is 12.1 Å². The molecule has 102 valence electrons. The van der Waals surface area contributed by atoms with Gasteiger partial charge in [0.05, 0.1) is 17.0 Å². The Balaban J connectivity index is 1.88. The third kappa shape index (κ3) is 2.31. The molecule has 2 nitrogen and oxygen atoms in total. The van der Waals surface area contributed by atoms with Gasteiger partial charge in [-0.2, -0.15) is 13.2 Å². The van der Waals surface area contributed by atoms with Crippen molar-refractivity contribution in [2.24, 2.45) is 9.98 Å². The first-order valence-electron chi connectivity index (χ1n) is 6.15. The predicted molar refractivity (Wildman–Crippen MR) is 72.0 cm³/mol. The predicted octanol–water partition coefficient (Wildman–Crippen LogP) is 4.12. The molecule has 1 aliphatic carbocycles. The Labute approximate surface area is 114 Å². The van der Waals surface area contributed by atoms with E-state index >= 15 is 0 Å². The summed E-state index contributed by atoms with van der Waals surface area (Å²) in [5.74, 6) is 0.629. The maximum Gasteiger partial charge on any atom is 0.416 e. The van der Waals surface area contributed by atoms with Crippen molar-refractivity contribution in [1.29, 1.82) is 0 Å². The van der Waals surface area contributed by atoms with Gasteiger partial charge in [-0.1, -0.05) is 18.2 Å². The summed E-state index contributed by atoms with van der Waals surface area (Å²) < 4.78 is 37.6. The first kappa shape index (κ1) is 12.8. The highest BCUT2D eigenvalue weighted by molar-refractivity contribution is 6.18. The molecule has 5 heteroatoms. The normalized spacial score (nSPS) is 21.2. The monoisotopic (exact) mass is 276 g/mol. The summed E-state index contributed by atoms with van der Waals surface area (Å²) >= 11 is 0. The van der Waals surface area contributed by atoms with Crippen LogP contribution < -0.4 is 0 Å². The van der Waals surface area contributed by atoms with E-state index in [1.54, 1.807) is 0 Å². The van der Waals surface area contributed by atoms with Crippen LogP contribution in [-0.2, 0) is 6.18 Å². The number of allylic oxidation sites excluding steroid dienone is 3. The van der Waals surface area contributed by atoms with Crippen LogP contribution in [0, 0.1) is 0 Å². The summed E-state index contributed by atoms with van der Waals surface area (Å²) in [4.78, 5) is 8.53. The van der Waals surface area contributed by atoms with Gasteiger partial charge in [0.15, 0.2) is 0 Å². The van der Waals surface area contributed by atoms with Crippen LogP contribution in [0.1, 0.15) is 24.0 Å². The molecule has 0 saturated heterocycles. The van der Waals surface area contributed by atoms with Crippen LogP contribution in [0.5, 0.6) is 0 Å². The zero-order valence-electron chi connectivity index (χ0n) is 10.6. The van der Waals surface area contributed by atoms with Crippen molar-refractivity contribution in [2.75, 3.05) is 0 Å². The highest BCUT2D eigenvalue weighted by Gasteiger charge is 2.30. The van der Waals surface area contributed by atoms with Crippen molar-refractivity contribution in [3.8, 4) is 0 Å². The van der Waals surface area contributed by atoms with Crippen LogP contribution in [0.25, 0.3) is 0 Å². The molecule has 0 radical (unpaired) electrons. The molecule has 0 aromatic heterocycles. The lowest BCUT2D eigenvalue weighted by atomic mass is 9.92. The van der Waals surface area contributed by atoms with Gasteiger partial charge >= 0.3 is 6.18 Å². The molecule has 1 aromatic carbocycles. The van der Waals surface area contributed by atoms with Gasteiger partial charge < -0.3 is 0 Å². The number of hydrogen-bond donors (Lipinski definition) is 0. The molecule has 1 atom stereocenters. The summed E-state index contributed by atoms with van der Waals surface area (Å²) in [6.45, 7) is 1.81. The fourth-order valence-electron chi connectivity index (χ4n) is 2.26. The minimum atomic E-state index is -4.30. The maximum absolute atomic E-state index is 12.5. The van der Waals surface area contributed by atoms with Crippen molar-refractivity contribution >= 4 is 11.5 Å². The Bertz CT molecular complexity index is 661. The molecular formula is C15H11F3N2. The third-order valence-corrected chi connectivity index (χ3v) is 3.25. The van der Waals surface area contributed by atoms with Crippen molar-refractivity contribution in [3.63, 3.8) is 0 Å². The van der Waals surface area contributed by atoms with Gasteiger partial charge in [0.1, 0.15) is 5.84 Å². The average Bonchev–Trinajstić information content (AvgIpc) is 2.77. The van der Waals surface area contributed by atoms with Gasteiger partial charge in [-0.15, -0.1) is 0 Å². The molecule has 2 aliphatic rings. The largest absolute Gasteiger partial charge is 0.416 e. The van der Waals surface area contributed by atoms with Crippen LogP contribution in [0.2, 0.25) is 0 Å². The number of amidine groups is 1. The van der Waals surface area contributed by atoms with E-state index in [9.17, 15) is 13.2 Å². The summed E-state index contributed by atoms with van der Waals surface area (Å²) in [7, 11) is 0. The summed E-state index contributed by atoms with van der Waals surface area (Å²) in [5, 5.41) is 0. The Morgan fingerprint density at radius 2 is 1.75 bits per heavy atom. The van der Waals surface area contributed by atoms with Gasteiger partial charge in [-0.05, 0) is 36.8 Å². The fraction of sp³-hybridized carbons (Fsp3) is 0.200. The second-order valence-electron chi connectivity index (χ2n) is 4.71. The number of nitrogens with zero attached hydrogens (tertiary/aromatic N) is 2. The molecule has 0 N–H and O–H groups in total. The number of halogens is 3. The van der Waals surface area contributed by atoms with Crippen LogP contribution in [0.15, 0.2) is 58.2 Å². The van der Waals surface area contributed by atoms with E-state index < -0.39 is 11.7 Å². The average molecular weight is 276 g/mol. The van der Waals surface area contributed by atoms with Crippen molar-refractivity contribution in [1.82, 2.24) is 0 Å². The summed E-state index contributed by atoms with van der Waals surface area (Å²) in [6.07, 6.45) is 1.39. The van der Waals surface area contributed by atoms with Crippen LogP contribution in [0.3, 0.4) is 0 Å². The first-order chi connectivity index (χ1) is 9.43. The lowest BCUT2D eigenvalue weighted by Gasteiger charge is -2.14. The van der Waals surface area contributed by atoms with E-state index in [4.69, 9.17) is 0 Å². The standard InChI is InChI=1S/C15H11F3N2/c1-9-19-13-7-4-11(8-14(13)20-9)10-2-5-12(6-3-10)15(16,17)18/h2-8,11H,1H3. The zero-order valence-corrected chi connectivity index (χ0v) is 10.6. The minimum Gasteiger partial charge on any atom is -0.232 e. The molecule has 0 bridgehead atoms. The van der Waals surface area contributed by atoms with Gasteiger partial charge in [-0.3, -0.25) is 0 Å². The Kier molecular flexibility index (Phi) is 2.85. The number of alkyl halides is 3. The highest BCUT2D eigenvalue weighted by atomic mass is 19.4. The van der Waals surface area contributed by atoms with Crippen molar-refractivity contribution < 1.29 is 13.2 Å². The molecule has 0 amide bonds. The van der Waals surface area contributed by atoms with Crippen molar-refractivity contribution in [3.05, 3.63) is 59.3 Å². The van der Waals surface area contributed by atoms with Crippen LogP contribution in [0.4, 0.5) is 13.2 Å². The minimum absolute atomic E-state index is 0.0686. The molecule has 0 fully saturated rings. The molecule has 20 heavy (non-hydrogen) atoms. The molecule has 0 saturated carbocycles. The van der Waals surface area contributed by atoms with E-state index in [2.05, 4.69) is 9.98 Å². The number of aliphatic imine (C=N–C) groups is 2. The molecule has 3 rings (SSSR count). The molecular weight excluding hydrogens is 265 g/mol. The summed E-state index contributed by atoms with van der Waals surface area (Å²) in [5.41, 5.74) is 1.77. The number of fused-ring (bicyclic) bond motifs is 1. The van der Waals surface area contributed by atoms with Crippen molar-refractivity contribution in [2.45, 2.75) is 19.0 Å². The maximum atomic E-state index is 12.5. The van der Waals surface area contributed by atoms with E-state index in [0.29, 0.717) is 5.84 Å². The Morgan fingerprint density at radius 3 is 2.40 bits per heavy atom. The van der Waals surface area contributed by atoms with Crippen LogP contribution >= 0.6 is 0 Å². The second-order valence-corrected chi connectivity index (χ2v) is 4.71. The Hall–Kier alpha value is -2.17. The SMILES string of the molecule is CC1=NC2=CC(c3ccc(C(F)(F)F)cc3)C=CC2=N1. The summed E-state index contributed by atoms with van der Waals surface area (Å²) in [6, 6.07) is 5.22. The molecule has 0 spiro atoms. The quantitative estimate of drug-likeness (QED) is 0.737. The first-order valence-corrected chi connectivity index (χ1v) is 6.15. The van der Waals surface area contributed by atoms with E-state index in [0.717, 1.165) is 29.1 Å². The molecule has 1 aromatic rings. The lowest BCUT2D eigenvalue weighted by Crippen LogP contribution is -2.06. The smallest absolute Gasteiger partial charge is 0.232 e. The topological polar surface area (TPSA) is 24.7 Å². The third-order valence-electron chi connectivity index (χ3n) is 3.25. The van der Waals surface area contributed by atoms with Gasteiger partial charge in [-0.25, -0.2) is 9.98 Å². The van der Waals surface area contributed by atoms with Crippen LogP contribution in [-0.4, -0.2) is 11.5 Å². The van der Waals surface area contributed by atoms with E-state index in [1.807, 2.05) is 25.2 Å². The second kappa shape index (κ2) is 4.44. The van der Waals surface area contributed by atoms with Gasteiger partial charge in [0, 0.05) is 5.92 Å². The molecule has 1 aliphatic heterocycles. The number of benzene rings is 1. The zero-order chi connectivity index (χ0) is 14.3. The number of rotatable bonds is 1. The lowest BCUT2D eigenvalue weighted by molar-refractivity contribution is -0.137. The molecule has 1 heterocycles.